The molecule has 0 spiro atoms. The van der Waals surface area contributed by atoms with Crippen molar-refractivity contribution in [2.45, 2.75) is 69.1 Å². The van der Waals surface area contributed by atoms with Crippen molar-refractivity contribution in [3.05, 3.63) is 36.0 Å². The number of hydrogen-bond acceptors (Lipinski definition) is 6. The number of carbonyl (C=O) groups is 1. The Hall–Kier alpha value is -1.83. The maximum absolute atomic E-state index is 11.3. The third kappa shape index (κ3) is 7.34. The monoisotopic (exact) mass is 500 g/mol. The lowest BCUT2D eigenvalue weighted by Crippen LogP contribution is -2.41. The van der Waals surface area contributed by atoms with Crippen LogP contribution in [0.2, 0.25) is 0 Å². The molecule has 35 heavy (non-hydrogen) atoms. The summed E-state index contributed by atoms with van der Waals surface area (Å²) >= 11 is 2.14. The molecule has 7 heteroatoms. The highest BCUT2D eigenvalue weighted by Crippen LogP contribution is 2.36. The molecule has 1 aliphatic carbocycles. The van der Waals surface area contributed by atoms with Gasteiger partial charge in [0, 0.05) is 29.8 Å². The maximum atomic E-state index is 11.3. The molecule has 2 fully saturated rings. The smallest absolute Gasteiger partial charge is 0.303 e. The van der Waals surface area contributed by atoms with Crippen molar-refractivity contribution < 1.29 is 19.7 Å². The van der Waals surface area contributed by atoms with Gasteiger partial charge in [-0.15, -0.1) is 0 Å². The summed E-state index contributed by atoms with van der Waals surface area (Å²) in [6, 6.07) is 7.65. The van der Waals surface area contributed by atoms with E-state index in [1.54, 1.807) is 13.3 Å². The summed E-state index contributed by atoms with van der Waals surface area (Å²) in [5, 5.41) is 22.2. The van der Waals surface area contributed by atoms with Crippen LogP contribution in [0.25, 0.3) is 10.9 Å². The normalized spacial score (nSPS) is 22.1. The van der Waals surface area contributed by atoms with E-state index in [-0.39, 0.29) is 6.42 Å². The predicted molar refractivity (Wildman–Crippen MR) is 142 cm³/mol. The lowest BCUT2D eigenvalue weighted by Gasteiger charge is -2.39. The quantitative estimate of drug-likeness (QED) is 0.350. The zero-order chi connectivity index (χ0) is 24.6. The van der Waals surface area contributed by atoms with Gasteiger partial charge in [0.05, 0.1) is 18.7 Å². The number of aliphatic hydroxyl groups is 1. The number of aliphatic carboxylic acids is 1. The van der Waals surface area contributed by atoms with Crippen molar-refractivity contribution >= 4 is 28.6 Å². The van der Waals surface area contributed by atoms with Gasteiger partial charge in [0.25, 0.3) is 0 Å². The molecule has 3 atom stereocenters. The van der Waals surface area contributed by atoms with Crippen molar-refractivity contribution in [1.29, 1.82) is 0 Å². The Morgan fingerprint density at radius 2 is 2.09 bits per heavy atom. The first-order valence-corrected chi connectivity index (χ1v) is 14.2. The van der Waals surface area contributed by atoms with E-state index in [1.165, 1.54) is 31.4 Å². The highest BCUT2D eigenvalue weighted by Gasteiger charge is 2.30. The number of rotatable bonds is 13. The van der Waals surface area contributed by atoms with E-state index >= 15 is 0 Å². The largest absolute Gasteiger partial charge is 0.497 e. The molecule has 6 nitrogen and oxygen atoms in total. The first-order valence-electron chi connectivity index (χ1n) is 13.2. The van der Waals surface area contributed by atoms with Crippen LogP contribution in [0.3, 0.4) is 0 Å². The van der Waals surface area contributed by atoms with Gasteiger partial charge in [-0.2, -0.15) is 11.8 Å². The number of benzene rings is 1. The number of aromatic nitrogens is 1. The molecule has 1 saturated heterocycles. The zero-order valence-corrected chi connectivity index (χ0v) is 21.7. The second-order valence-corrected chi connectivity index (χ2v) is 11.6. The molecule has 1 aliphatic heterocycles. The Kier molecular flexibility index (Phi) is 9.69. The summed E-state index contributed by atoms with van der Waals surface area (Å²) in [7, 11) is 1.64. The molecule has 4 rings (SSSR count). The molecule has 0 amide bonds. The van der Waals surface area contributed by atoms with E-state index in [9.17, 15) is 15.0 Å². The Balaban J connectivity index is 1.32. The number of likely N-dealkylation sites (tertiary alicyclic amines) is 1. The van der Waals surface area contributed by atoms with Gasteiger partial charge in [0.1, 0.15) is 5.75 Å². The van der Waals surface area contributed by atoms with Crippen LogP contribution in [-0.2, 0) is 4.79 Å². The summed E-state index contributed by atoms with van der Waals surface area (Å²) in [5.74, 6) is 2.11. The lowest BCUT2D eigenvalue weighted by molar-refractivity contribution is -0.137. The van der Waals surface area contributed by atoms with Crippen molar-refractivity contribution in [2.75, 3.05) is 32.5 Å². The van der Waals surface area contributed by atoms with Crippen LogP contribution < -0.4 is 4.74 Å². The lowest BCUT2D eigenvalue weighted by atomic mass is 9.79. The number of hydrogen-bond donors (Lipinski definition) is 2. The molecule has 0 bridgehead atoms. The first-order chi connectivity index (χ1) is 17.0. The molecule has 2 aromatic rings. The number of carboxylic acids is 1. The van der Waals surface area contributed by atoms with Crippen molar-refractivity contribution in [3.8, 4) is 5.75 Å². The number of fused-ring (bicyclic) bond motifs is 1. The number of nitrogens with zero attached hydrogens (tertiary/aromatic N) is 2. The minimum atomic E-state index is -0.713. The summed E-state index contributed by atoms with van der Waals surface area (Å²) in [6.45, 7) is 3.18. The Morgan fingerprint density at radius 1 is 1.23 bits per heavy atom. The number of aliphatic hydroxyl groups excluding tert-OH is 1. The first kappa shape index (κ1) is 26.2. The van der Waals surface area contributed by atoms with Crippen LogP contribution in [0.5, 0.6) is 5.75 Å². The zero-order valence-electron chi connectivity index (χ0n) is 20.9. The maximum Gasteiger partial charge on any atom is 0.303 e. The molecule has 2 N–H and O–H groups in total. The van der Waals surface area contributed by atoms with Crippen LogP contribution in [0, 0.1) is 11.8 Å². The molecule has 0 radical (unpaired) electrons. The highest BCUT2D eigenvalue weighted by molar-refractivity contribution is 7.99. The van der Waals surface area contributed by atoms with Crippen LogP contribution in [-0.4, -0.2) is 63.8 Å². The van der Waals surface area contributed by atoms with E-state index in [1.807, 2.05) is 24.3 Å². The second kappa shape index (κ2) is 12.9. The number of thioether (sulfide) groups is 1. The third-order valence-electron chi connectivity index (χ3n) is 7.88. The molecule has 1 aromatic heterocycles. The van der Waals surface area contributed by atoms with Crippen LogP contribution in [0.4, 0.5) is 0 Å². The van der Waals surface area contributed by atoms with Gasteiger partial charge in [0.15, 0.2) is 0 Å². The van der Waals surface area contributed by atoms with Crippen LogP contribution in [0.15, 0.2) is 30.5 Å². The van der Waals surface area contributed by atoms with E-state index < -0.39 is 12.1 Å². The third-order valence-corrected chi connectivity index (χ3v) is 9.35. The van der Waals surface area contributed by atoms with Crippen LogP contribution >= 0.6 is 11.8 Å². The van der Waals surface area contributed by atoms with Gasteiger partial charge < -0.3 is 19.8 Å². The number of methoxy groups -OCH3 is 1. The van der Waals surface area contributed by atoms with Crippen molar-refractivity contribution in [2.24, 2.45) is 11.8 Å². The second-order valence-electron chi connectivity index (χ2n) is 10.2. The number of carboxylic acid groups (broad SMARTS) is 1. The fourth-order valence-electron chi connectivity index (χ4n) is 5.54. The topological polar surface area (TPSA) is 82.9 Å². The average molecular weight is 501 g/mol. The van der Waals surface area contributed by atoms with Crippen LogP contribution in [0.1, 0.15) is 69.5 Å². The van der Waals surface area contributed by atoms with E-state index in [0.717, 1.165) is 66.4 Å². The Labute approximate surface area is 213 Å². The summed E-state index contributed by atoms with van der Waals surface area (Å²) in [5.41, 5.74) is 1.74. The van der Waals surface area contributed by atoms with Gasteiger partial charge in [-0.3, -0.25) is 9.78 Å². The molecule has 1 unspecified atom stereocenters. The Bertz CT molecular complexity index is 967. The van der Waals surface area contributed by atoms with Gasteiger partial charge in [-0.25, -0.2) is 0 Å². The molecule has 2 heterocycles. The molecule has 192 valence electrons. The van der Waals surface area contributed by atoms with E-state index in [4.69, 9.17) is 4.74 Å². The summed E-state index contributed by atoms with van der Waals surface area (Å²) < 4.78 is 5.37. The molecule has 2 aliphatic rings. The molecule has 1 aromatic carbocycles. The average Bonchev–Trinajstić information content (AvgIpc) is 2.84. The standard InChI is InChI=1S/C28H40N2O4S/c1-34-22-8-9-26-25(18-22)24(12-14-29-26)27(31)10-6-20-13-16-30(19-21(20)7-11-28(32)33)15-3-17-35-23-4-2-5-23/h8-9,12,14,18,20-21,23,27,31H,2-7,10-11,13,15-17,19H2,1H3,(H,32,33)/t20-,21+,27?/m1/s1. The fourth-order valence-corrected chi connectivity index (χ4v) is 6.84. The molecular formula is C28H40N2O4S. The van der Waals surface area contributed by atoms with Gasteiger partial charge in [0.2, 0.25) is 0 Å². The van der Waals surface area contributed by atoms with E-state index in [2.05, 4.69) is 21.6 Å². The highest BCUT2D eigenvalue weighted by atomic mass is 32.2. The van der Waals surface area contributed by atoms with Crippen molar-refractivity contribution in [1.82, 2.24) is 9.88 Å². The minimum absolute atomic E-state index is 0.226. The number of piperidine rings is 1. The van der Waals surface area contributed by atoms with Gasteiger partial charge in [-0.05, 0) is 105 Å². The SMILES string of the molecule is COc1ccc2nccc(C(O)CC[C@@H]3CCN(CCCSC4CCC4)C[C@@H]3CCC(=O)O)c2c1. The number of ether oxygens (including phenoxy) is 1. The minimum Gasteiger partial charge on any atom is -0.497 e. The molecular weight excluding hydrogens is 460 g/mol. The van der Waals surface area contributed by atoms with Crippen molar-refractivity contribution in [3.63, 3.8) is 0 Å². The molecule has 1 saturated carbocycles. The Morgan fingerprint density at radius 3 is 2.83 bits per heavy atom. The number of pyridine rings is 1. The summed E-state index contributed by atoms with van der Waals surface area (Å²) in [4.78, 5) is 18.3. The van der Waals surface area contributed by atoms with Gasteiger partial charge in [-0.1, -0.05) is 6.42 Å². The van der Waals surface area contributed by atoms with Gasteiger partial charge >= 0.3 is 5.97 Å². The van der Waals surface area contributed by atoms with E-state index in [0.29, 0.717) is 18.3 Å². The summed E-state index contributed by atoms with van der Waals surface area (Å²) in [6.07, 6.45) is 10.2. The fraction of sp³-hybridized carbons (Fsp3) is 0.643. The predicted octanol–water partition coefficient (Wildman–Crippen LogP) is 5.54.